The fourth-order valence-corrected chi connectivity index (χ4v) is 3.34. The maximum Gasteiger partial charge on any atom is 0.407 e. The van der Waals surface area contributed by atoms with Crippen molar-refractivity contribution in [2.75, 3.05) is 18.8 Å². The lowest BCUT2D eigenvalue weighted by Gasteiger charge is -2.19. The van der Waals surface area contributed by atoms with E-state index in [9.17, 15) is 17.6 Å². The predicted octanol–water partition coefficient (Wildman–Crippen LogP) is 3.16. The van der Waals surface area contributed by atoms with Gasteiger partial charge < -0.3 is 15.8 Å². The van der Waals surface area contributed by atoms with Gasteiger partial charge in [-0.2, -0.15) is 0 Å². The molecule has 1 aromatic rings. The van der Waals surface area contributed by atoms with Gasteiger partial charge in [-0.1, -0.05) is 19.3 Å². The molecule has 154 valence electrons. The standard InChI is InChI=1S/C18H30FN3O4S/c1-18(2,3)26-17(23)21-11-7-5-4-6-8-12-22-27(24,25)14-9-10-16(20)15(19)13-14/h9-10,13,22H,4-8,11-12,20H2,1-3H3,(H,21,23). The van der Waals surface area contributed by atoms with Crippen LogP contribution in [0.4, 0.5) is 14.9 Å². The number of ether oxygens (including phenoxy) is 1. The third kappa shape index (κ3) is 9.58. The Kier molecular flexibility index (Phi) is 8.98. The Morgan fingerprint density at radius 1 is 1.11 bits per heavy atom. The van der Waals surface area contributed by atoms with Crippen LogP contribution in [-0.4, -0.2) is 33.2 Å². The Labute approximate surface area is 160 Å². The summed E-state index contributed by atoms with van der Waals surface area (Å²) in [6, 6.07) is 3.42. The molecular weight excluding hydrogens is 373 g/mol. The van der Waals surface area contributed by atoms with Crippen molar-refractivity contribution in [2.24, 2.45) is 0 Å². The summed E-state index contributed by atoms with van der Waals surface area (Å²) in [5.41, 5.74) is 4.75. The zero-order valence-corrected chi connectivity index (χ0v) is 17.0. The van der Waals surface area contributed by atoms with Gasteiger partial charge in [-0.05, 0) is 51.8 Å². The number of nitrogens with two attached hydrogens (primary N) is 1. The number of unbranched alkanes of at least 4 members (excludes halogenated alkanes) is 4. The van der Waals surface area contributed by atoms with Crippen molar-refractivity contribution in [1.82, 2.24) is 10.0 Å². The molecule has 0 bridgehead atoms. The molecule has 27 heavy (non-hydrogen) atoms. The third-order valence-corrected chi connectivity index (χ3v) is 5.05. The molecule has 0 fully saturated rings. The number of nitrogens with one attached hydrogen (secondary N) is 2. The number of carbonyl (C=O) groups excluding carboxylic acids is 1. The molecule has 7 nitrogen and oxygen atoms in total. The molecule has 0 spiro atoms. The molecule has 0 heterocycles. The summed E-state index contributed by atoms with van der Waals surface area (Å²) in [7, 11) is -3.73. The molecule has 0 radical (unpaired) electrons. The second-order valence-corrected chi connectivity index (χ2v) is 9.04. The normalized spacial score (nSPS) is 12.0. The lowest BCUT2D eigenvalue weighted by Crippen LogP contribution is -2.32. The molecule has 1 amide bonds. The summed E-state index contributed by atoms with van der Waals surface area (Å²) in [4.78, 5) is 11.3. The topological polar surface area (TPSA) is 111 Å². The number of amides is 1. The molecule has 0 saturated carbocycles. The van der Waals surface area contributed by atoms with Crippen molar-refractivity contribution >= 4 is 21.8 Å². The molecule has 0 saturated heterocycles. The number of halogens is 1. The van der Waals surface area contributed by atoms with E-state index in [1.165, 1.54) is 12.1 Å². The number of hydrogen-bond donors (Lipinski definition) is 3. The highest BCUT2D eigenvalue weighted by atomic mass is 32.2. The molecule has 0 aliphatic heterocycles. The molecular formula is C18H30FN3O4S. The van der Waals surface area contributed by atoms with E-state index in [0.29, 0.717) is 13.0 Å². The Morgan fingerprint density at radius 2 is 1.70 bits per heavy atom. The fourth-order valence-electron chi connectivity index (χ4n) is 2.25. The molecule has 1 aromatic carbocycles. The Balaban J connectivity index is 2.13. The zero-order chi connectivity index (χ0) is 20.5. The van der Waals surface area contributed by atoms with Crippen molar-refractivity contribution in [1.29, 1.82) is 0 Å². The van der Waals surface area contributed by atoms with Crippen molar-refractivity contribution < 1.29 is 22.3 Å². The SMILES string of the molecule is CC(C)(C)OC(=O)NCCCCCCCNS(=O)(=O)c1ccc(N)c(F)c1. The van der Waals surface area contributed by atoms with Crippen LogP contribution in [0.2, 0.25) is 0 Å². The number of carbonyl (C=O) groups is 1. The minimum Gasteiger partial charge on any atom is -0.444 e. The second-order valence-electron chi connectivity index (χ2n) is 7.28. The largest absolute Gasteiger partial charge is 0.444 e. The summed E-state index contributed by atoms with van der Waals surface area (Å²) in [6.07, 6.45) is 3.78. The summed E-state index contributed by atoms with van der Waals surface area (Å²) in [6.45, 7) is 6.26. The van der Waals surface area contributed by atoms with Crippen LogP contribution in [0.15, 0.2) is 23.1 Å². The van der Waals surface area contributed by atoms with Gasteiger partial charge in [-0.25, -0.2) is 22.3 Å². The van der Waals surface area contributed by atoms with Crippen molar-refractivity contribution in [3.8, 4) is 0 Å². The molecule has 9 heteroatoms. The molecule has 0 aliphatic carbocycles. The first-order chi connectivity index (χ1) is 12.5. The Bertz CT molecular complexity index is 718. The summed E-state index contributed by atoms with van der Waals surface area (Å²) in [5, 5.41) is 2.70. The molecule has 1 rings (SSSR count). The van der Waals surface area contributed by atoms with Crippen molar-refractivity contribution in [2.45, 2.75) is 63.4 Å². The third-order valence-electron chi connectivity index (χ3n) is 3.60. The van der Waals surface area contributed by atoms with E-state index in [-0.39, 0.29) is 17.1 Å². The van der Waals surface area contributed by atoms with Crippen LogP contribution < -0.4 is 15.8 Å². The Morgan fingerprint density at radius 3 is 2.30 bits per heavy atom. The highest BCUT2D eigenvalue weighted by Gasteiger charge is 2.16. The summed E-state index contributed by atoms with van der Waals surface area (Å²) < 4.78 is 45.1. The summed E-state index contributed by atoms with van der Waals surface area (Å²) in [5.74, 6) is -0.752. The predicted molar refractivity (Wildman–Crippen MR) is 103 cm³/mol. The number of nitrogen functional groups attached to an aromatic ring is 1. The highest BCUT2D eigenvalue weighted by Crippen LogP contribution is 2.16. The van der Waals surface area contributed by atoms with Crippen molar-refractivity contribution in [3.63, 3.8) is 0 Å². The lowest BCUT2D eigenvalue weighted by molar-refractivity contribution is 0.0527. The van der Waals surface area contributed by atoms with E-state index < -0.39 is 27.5 Å². The molecule has 0 aliphatic rings. The quantitative estimate of drug-likeness (QED) is 0.410. The Hall–Kier alpha value is -1.87. The van der Waals surface area contributed by atoms with Gasteiger partial charge in [0.1, 0.15) is 11.4 Å². The van der Waals surface area contributed by atoms with Crippen LogP contribution >= 0.6 is 0 Å². The van der Waals surface area contributed by atoms with Crippen LogP contribution in [0.5, 0.6) is 0 Å². The minimum absolute atomic E-state index is 0.0879. The van der Waals surface area contributed by atoms with Crippen LogP contribution in [0.1, 0.15) is 52.9 Å². The maximum absolute atomic E-state index is 13.4. The van der Waals surface area contributed by atoms with Gasteiger partial charge in [0.2, 0.25) is 10.0 Å². The van der Waals surface area contributed by atoms with Crippen LogP contribution in [0, 0.1) is 5.82 Å². The number of alkyl carbamates (subject to hydrolysis) is 1. The maximum atomic E-state index is 13.4. The smallest absolute Gasteiger partial charge is 0.407 e. The number of sulfonamides is 1. The van der Waals surface area contributed by atoms with Crippen LogP contribution in [0.3, 0.4) is 0 Å². The van der Waals surface area contributed by atoms with Gasteiger partial charge in [0, 0.05) is 13.1 Å². The minimum atomic E-state index is -3.73. The van der Waals surface area contributed by atoms with Gasteiger partial charge in [0.05, 0.1) is 10.6 Å². The van der Waals surface area contributed by atoms with E-state index in [4.69, 9.17) is 10.5 Å². The van der Waals surface area contributed by atoms with Gasteiger partial charge in [-0.3, -0.25) is 0 Å². The first-order valence-corrected chi connectivity index (χ1v) is 10.5. The van der Waals surface area contributed by atoms with Crippen molar-refractivity contribution in [3.05, 3.63) is 24.0 Å². The fraction of sp³-hybridized carbons (Fsp3) is 0.611. The van der Waals surface area contributed by atoms with E-state index in [2.05, 4.69) is 10.0 Å². The monoisotopic (exact) mass is 403 g/mol. The van der Waals surface area contributed by atoms with Gasteiger partial charge in [0.25, 0.3) is 0 Å². The molecule has 0 aromatic heterocycles. The van der Waals surface area contributed by atoms with Crippen LogP contribution in [-0.2, 0) is 14.8 Å². The van der Waals surface area contributed by atoms with E-state index in [0.717, 1.165) is 31.7 Å². The number of anilines is 1. The molecule has 0 atom stereocenters. The second kappa shape index (κ2) is 10.5. The highest BCUT2D eigenvalue weighted by molar-refractivity contribution is 7.89. The lowest BCUT2D eigenvalue weighted by atomic mass is 10.1. The van der Waals surface area contributed by atoms with E-state index in [1.54, 1.807) is 0 Å². The molecule has 4 N–H and O–H groups in total. The first-order valence-electron chi connectivity index (χ1n) is 9.03. The van der Waals surface area contributed by atoms with E-state index in [1.807, 2.05) is 20.8 Å². The average molecular weight is 404 g/mol. The number of rotatable bonds is 10. The van der Waals surface area contributed by atoms with E-state index >= 15 is 0 Å². The van der Waals surface area contributed by atoms with Gasteiger partial charge in [0.15, 0.2) is 0 Å². The molecule has 0 unspecified atom stereocenters. The zero-order valence-electron chi connectivity index (χ0n) is 16.2. The van der Waals surface area contributed by atoms with Gasteiger partial charge >= 0.3 is 6.09 Å². The average Bonchev–Trinajstić information content (AvgIpc) is 2.54. The van der Waals surface area contributed by atoms with Crippen LogP contribution in [0.25, 0.3) is 0 Å². The van der Waals surface area contributed by atoms with Gasteiger partial charge in [-0.15, -0.1) is 0 Å². The summed E-state index contributed by atoms with van der Waals surface area (Å²) >= 11 is 0. The number of hydrogen-bond acceptors (Lipinski definition) is 5. The first kappa shape index (κ1) is 23.2. The number of benzene rings is 1.